The second kappa shape index (κ2) is 4.70. The van der Waals surface area contributed by atoms with Gasteiger partial charge >= 0.3 is 6.18 Å². The zero-order chi connectivity index (χ0) is 15.2. The maximum Gasteiger partial charge on any atom is 0.421 e. The summed E-state index contributed by atoms with van der Waals surface area (Å²) in [5.41, 5.74) is -0.831. The van der Waals surface area contributed by atoms with Gasteiger partial charge in [0.2, 0.25) is 5.28 Å². The highest BCUT2D eigenvalue weighted by Gasteiger charge is 2.36. The third-order valence-electron chi connectivity index (χ3n) is 2.94. The van der Waals surface area contributed by atoms with Gasteiger partial charge in [0.1, 0.15) is 11.4 Å². The van der Waals surface area contributed by atoms with Crippen LogP contribution in [-0.2, 0) is 6.18 Å². The van der Waals surface area contributed by atoms with Crippen molar-refractivity contribution in [1.82, 2.24) is 14.5 Å². The van der Waals surface area contributed by atoms with E-state index in [2.05, 4.69) is 9.97 Å². The number of halogens is 5. The molecular weight excluding hydrogens is 310 g/mol. The van der Waals surface area contributed by atoms with E-state index in [1.165, 1.54) is 12.1 Å². The Bertz CT molecular complexity index is 826. The molecule has 21 heavy (non-hydrogen) atoms. The Balaban J connectivity index is 2.35. The lowest BCUT2D eigenvalue weighted by atomic mass is 10.2. The van der Waals surface area contributed by atoms with Crippen molar-refractivity contribution in [3.8, 4) is 5.82 Å². The third kappa shape index (κ3) is 2.33. The molecule has 1 aromatic carbocycles. The van der Waals surface area contributed by atoms with Gasteiger partial charge in [0, 0.05) is 17.8 Å². The van der Waals surface area contributed by atoms with Crippen LogP contribution in [0.25, 0.3) is 16.7 Å². The van der Waals surface area contributed by atoms with Crippen LogP contribution in [0.2, 0.25) is 5.28 Å². The quantitative estimate of drug-likeness (QED) is 0.497. The summed E-state index contributed by atoms with van der Waals surface area (Å²) in [5, 5.41) is -0.156. The van der Waals surface area contributed by atoms with Crippen molar-refractivity contribution in [2.45, 2.75) is 6.18 Å². The molecule has 0 aliphatic rings. The van der Waals surface area contributed by atoms with Crippen LogP contribution in [0.4, 0.5) is 17.6 Å². The molecule has 0 bridgehead atoms. The van der Waals surface area contributed by atoms with Crippen LogP contribution in [0.5, 0.6) is 0 Å². The highest BCUT2D eigenvalue weighted by Crippen LogP contribution is 2.34. The van der Waals surface area contributed by atoms with Crippen molar-refractivity contribution in [2.75, 3.05) is 0 Å². The lowest BCUT2D eigenvalue weighted by molar-refractivity contribution is -0.137. The van der Waals surface area contributed by atoms with Crippen molar-refractivity contribution in [3.63, 3.8) is 0 Å². The van der Waals surface area contributed by atoms with Crippen LogP contribution in [-0.4, -0.2) is 14.5 Å². The fourth-order valence-corrected chi connectivity index (χ4v) is 2.18. The van der Waals surface area contributed by atoms with Gasteiger partial charge in [0.15, 0.2) is 5.82 Å². The molecule has 0 atom stereocenters. The molecule has 3 aromatic rings. The van der Waals surface area contributed by atoms with Crippen molar-refractivity contribution in [3.05, 3.63) is 53.3 Å². The van der Waals surface area contributed by atoms with E-state index in [4.69, 9.17) is 11.6 Å². The van der Waals surface area contributed by atoms with Crippen LogP contribution in [0.1, 0.15) is 5.56 Å². The number of nitrogens with zero attached hydrogens (tertiary/aromatic N) is 3. The monoisotopic (exact) mass is 315 g/mol. The van der Waals surface area contributed by atoms with E-state index in [-0.39, 0.29) is 16.2 Å². The van der Waals surface area contributed by atoms with E-state index < -0.39 is 23.4 Å². The molecular formula is C13H6ClF4N3. The van der Waals surface area contributed by atoms with E-state index in [0.29, 0.717) is 6.20 Å². The predicted molar refractivity (Wildman–Crippen MR) is 68.8 cm³/mol. The Morgan fingerprint density at radius 3 is 2.57 bits per heavy atom. The summed E-state index contributed by atoms with van der Waals surface area (Å²) in [7, 11) is 0. The molecule has 3 nitrogen and oxygen atoms in total. The molecule has 0 amide bonds. The summed E-state index contributed by atoms with van der Waals surface area (Å²) in [6.07, 6.45) is -3.16. The van der Waals surface area contributed by atoms with E-state index >= 15 is 0 Å². The minimum absolute atomic E-state index is 0.195. The van der Waals surface area contributed by atoms with E-state index in [9.17, 15) is 17.6 Å². The zero-order valence-electron chi connectivity index (χ0n) is 10.2. The van der Waals surface area contributed by atoms with Gasteiger partial charge in [-0.25, -0.2) is 9.37 Å². The van der Waals surface area contributed by atoms with Crippen molar-refractivity contribution < 1.29 is 17.6 Å². The van der Waals surface area contributed by atoms with E-state index in [1.807, 2.05) is 0 Å². The van der Waals surface area contributed by atoms with Crippen LogP contribution < -0.4 is 0 Å². The molecule has 3 rings (SSSR count). The number of hydrogen-bond acceptors (Lipinski definition) is 2. The molecule has 0 N–H and O–H groups in total. The Morgan fingerprint density at radius 2 is 1.86 bits per heavy atom. The standard InChI is InChI=1S/C13H6ClF4N3/c14-12-19-5-8(13(16,17)18)11(20-12)21-6-9(15)7-3-1-2-4-10(7)21/h1-6H. The molecule has 0 spiro atoms. The van der Waals surface area contributed by atoms with Gasteiger partial charge in [-0.15, -0.1) is 0 Å². The summed E-state index contributed by atoms with van der Waals surface area (Å²) in [4.78, 5) is 6.95. The topological polar surface area (TPSA) is 30.7 Å². The summed E-state index contributed by atoms with van der Waals surface area (Å²) in [5.74, 6) is -1.16. The minimum atomic E-state index is -4.68. The maximum absolute atomic E-state index is 13.8. The molecule has 0 aliphatic carbocycles. The first-order valence-corrected chi connectivity index (χ1v) is 6.11. The summed E-state index contributed by atoms with van der Waals surface area (Å²) in [6, 6.07) is 6.15. The normalized spacial score (nSPS) is 12.0. The van der Waals surface area contributed by atoms with Crippen LogP contribution in [0.3, 0.4) is 0 Å². The number of para-hydroxylation sites is 1. The molecule has 0 saturated heterocycles. The molecule has 2 aromatic heterocycles. The van der Waals surface area contributed by atoms with Gasteiger partial charge in [-0.05, 0) is 23.7 Å². The Kier molecular flexibility index (Phi) is 3.09. The lowest BCUT2D eigenvalue weighted by Gasteiger charge is -2.12. The van der Waals surface area contributed by atoms with Gasteiger partial charge in [-0.3, -0.25) is 4.57 Å². The molecule has 0 fully saturated rings. The zero-order valence-corrected chi connectivity index (χ0v) is 11.0. The van der Waals surface area contributed by atoms with Gasteiger partial charge in [-0.2, -0.15) is 18.2 Å². The number of rotatable bonds is 1. The average Bonchev–Trinajstić information content (AvgIpc) is 2.75. The Labute approximate surface area is 120 Å². The number of hydrogen-bond donors (Lipinski definition) is 0. The van der Waals surface area contributed by atoms with Crippen LogP contribution in [0, 0.1) is 5.82 Å². The SMILES string of the molecule is Fc1cn(-c2nc(Cl)ncc2C(F)(F)F)c2ccccc12. The first-order valence-electron chi connectivity index (χ1n) is 5.73. The van der Waals surface area contributed by atoms with Crippen molar-refractivity contribution >= 4 is 22.5 Å². The van der Waals surface area contributed by atoms with Crippen LogP contribution >= 0.6 is 11.6 Å². The minimum Gasteiger partial charge on any atom is -0.298 e. The molecule has 8 heteroatoms. The molecule has 0 radical (unpaired) electrons. The smallest absolute Gasteiger partial charge is 0.298 e. The molecule has 0 unspecified atom stereocenters. The average molecular weight is 316 g/mol. The lowest BCUT2D eigenvalue weighted by Crippen LogP contribution is -2.13. The number of aromatic nitrogens is 3. The summed E-state index contributed by atoms with van der Waals surface area (Å²) < 4.78 is 54.0. The second-order valence-corrected chi connectivity index (χ2v) is 4.58. The number of benzene rings is 1. The number of fused-ring (bicyclic) bond motifs is 1. The fourth-order valence-electron chi connectivity index (χ4n) is 2.05. The van der Waals surface area contributed by atoms with Crippen molar-refractivity contribution in [2.24, 2.45) is 0 Å². The van der Waals surface area contributed by atoms with Crippen molar-refractivity contribution in [1.29, 1.82) is 0 Å². The highest BCUT2D eigenvalue weighted by molar-refractivity contribution is 6.28. The predicted octanol–water partition coefficient (Wildman–Crippen LogP) is 4.23. The molecule has 0 saturated carbocycles. The second-order valence-electron chi connectivity index (χ2n) is 4.24. The summed E-state index contributed by atoms with van der Waals surface area (Å²) >= 11 is 5.58. The first kappa shape index (κ1) is 13.8. The highest BCUT2D eigenvalue weighted by atomic mass is 35.5. The van der Waals surface area contributed by atoms with Gasteiger partial charge in [0.05, 0.1) is 5.52 Å². The first-order chi connectivity index (χ1) is 9.88. The Morgan fingerprint density at radius 1 is 1.14 bits per heavy atom. The Hall–Kier alpha value is -2.15. The maximum atomic E-state index is 13.8. The van der Waals surface area contributed by atoms with Crippen LogP contribution in [0.15, 0.2) is 36.7 Å². The molecule has 2 heterocycles. The summed E-state index contributed by atoms with van der Waals surface area (Å²) in [6.45, 7) is 0. The van der Waals surface area contributed by atoms with E-state index in [0.717, 1.165) is 10.8 Å². The largest absolute Gasteiger partial charge is 0.421 e. The molecule has 0 aliphatic heterocycles. The van der Waals surface area contributed by atoms with Gasteiger partial charge < -0.3 is 0 Å². The van der Waals surface area contributed by atoms with Gasteiger partial charge in [-0.1, -0.05) is 12.1 Å². The fraction of sp³-hybridized carbons (Fsp3) is 0.0769. The van der Waals surface area contributed by atoms with E-state index in [1.54, 1.807) is 12.1 Å². The third-order valence-corrected chi connectivity index (χ3v) is 3.12. The van der Waals surface area contributed by atoms with Gasteiger partial charge in [0.25, 0.3) is 0 Å². The molecule has 108 valence electrons. The number of alkyl halides is 3.